The number of carbonyl (C=O) groups is 1. The number of benzene rings is 3. The second-order valence-corrected chi connectivity index (χ2v) is 8.85. The first-order valence-corrected chi connectivity index (χ1v) is 11.3. The summed E-state index contributed by atoms with van der Waals surface area (Å²) in [5.41, 5.74) is -0.387. The van der Waals surface area contributed by atoms with Crippen molar-refractivity contribution in [1.82, 2.24) is 0 Å². The summed E-state index contributed by atoms with van der Waals surface area (Å²) in [5, 5.41) is -0.707. The second kappa shape index (κ2) is 9.78. The maximum Gasteiger partial charge on any atom is 0.265 e. The molecule has 0 aromatic heterocycles. The van der Waals surface area contributed by atoms with E-state index in [1.807, 2.05) is 0 Å². The molecule has 0 spiro atoms. The monoisotopic (exact) mass is 511 g/mol. The molecule has 0 heterocycles. The zero-order valence-corrected chi connectivity index (χ0v) is 19.4. The molecule has 0 aliphatic carbocycles. The summed E-state index contributed by atoms with van der Waals surface area (Å²) < 4.78 is 81.3. The van der Waals surface area contributed by atoms with Gasteiger partial charge in [0.25, 0.3) is 10.0 Å². The normalized spacial score (nSPS) is 11.1. The Labute approximate surface area is 198 Å². The first kappa shape index (κ1) is 25.1. The third-order valence-corrected chi connectivity index (χ3v) is 6.54. The Balaban J connectivity index is 2.20. The number of carbonyl (C=O) groups excluding carboxylic acids is 1. The zero-order valence-electron chi connectivity index (χ0n) is 17.8. The number of nitrogens with one attached hydrogen (secondary N) is 1. The molecule has 3 aromatic rings. The van der Waals surface area contributed by atoms with Crippen LogP contribution in [0.1, 0.15) is 15.9 Å². The minimum absolute atomic E-state index is 0.0777. The van der Waals surface area contributed by atoms with Crippen LogP contribution in [-0.2, 0) is 10.0 Å². The molecule has 3 aromatic carbocycles. The molecule has 0 saturated heterocycles. The van der Waals surface area contributed by atoms with Crippen molar-refractivity contribution in [3.63, 3.8) is 0 Å². The van der Waals surface area contributed by atoms with Gasteiger partial charge >= 0.3 is 0 Å². The predicted molar refractivity (Wildman–Crippen MR) is 123 cm³/mol. The van der Waals surface area contributed by atoms with Gasteiger partial charge in [0.15, 0.2) is 17.9 Å². The quantitative estimate of drug-likeness (QED) is 0.392. The van der Waals surface area contributed by atoms with Crippen LogP contribution in [0.4, 0.5) is 18.9 Å². The van der Waals surface area contributed by atoms with Gasteiger partial charge in [-0.2, -0.15) is 0 Å². The largest absolute Gasteiger partial charge is 0.494 e. The average molecular weight is 512 g/mol. The van der Waals surface area contributed by atoms with Crippen LogP contribution in [0.3, 0.4) is 0 Å². The average Bonchev–Trinajstić information content (AvgIpc) is 2.81. The summed E-state index contributed by atoms with van der Waals surface area (Å²) in [7, 11) is -2.30. The van der Waals surface area contributed by atoms with Crippen LogP contribution in [0.25, 0.3) is 17.2 Å². The molecule has 0 aliphatic heterocycles. The molecule has 34 heavy (non-hydrogen) atoms. The van der Waals surface area contributed by atoms with E-state index in [1.165, 1.54) is 19.3 Å². The summed E-state index contributed by atoms with van der Waals surface area (Å²) in [4.78, 5) is 10.6. The summed E-state index contributed by atoms with van der Waals surface area (Å²) in [6, 6.07) is 6.40. The van der Waals surface area contributed by atoms with Gasteiger partial charge in [0.05, 0.1) is 25.5 Å². The highest BCUT2D eigenvalue weighted by molar-refractivity contribution is 7.92. The molecular weight excluding hydrogens is 495 g/mol. The van der Waals surface area contributed by atoms with Crippen LogP contribution in [-0.4, -0.2) is 28.9 Å². The number of halogens is 4. The minimum atomic E-state index is -4.56. The second-order valence-electron chi connectivity index (χ2n) is 6.82. The number of hydrogen-bond acceptors (Lipinski definition) is 5. The molecule has 178 valence electrons. The first-order valence-electron chi connectivity index (χ1n) is 9.41. The van der Waals surface area contributed by atoms with Gasteiger partial charge in [0.2, 0.25) is 0 Å². The smallest absolute Gasteiger partial charge is 0.265 e. The Morgan fingerprint density at radius 2 is 1.71 bits per heavy atom. The van der Waals surface area contributed by atoms with Gasteiger partial charge in [0.1, 0.15) is 27.3 Å². The maximum absolute atomic E-state index is 14.9. The standard InChI is InChI=1S/C23H17ClF3NO5S/c1-4-12-7-14(25)5-6-15(12)16-9-18(19(32-2)10-17(16)26)28-34(30,31)20-8-13(11-29)22(27)21(24)23(20)33-3/h4-11,28H,1H2,2-3H3. The summed E-state index contributed by atoms with van der Waals surface area (Å²) in [6.07, 6.45) is 1.42. The summed E-state index contributed by atoms with van der Waals surface area (Å²) in [5.74, 6) is -3.22. The Kier molecular flexibility index (Phi) is 7.23. The third kappa shape index (κ3) is 4.59. The van der Waals surface area contributed by atoms with Crippen molar-refractivity contribution >= 4 is 39.7 Å². The summed E-state index contributed by atoms with van der Waals surface area (Å²) in [6.45, 7) is 3.58. The molecule has 0 radical (unpaired) electrons. The van der Waals surface area contributed by atoms with E-state index in [0.717, 1.165) is 37.4 Å². The fourth-order valence-electron chi connectivity index (χ4n) is 3.24. The highest BCUT2D eigenvalue weighted by atomic mass is 35.5. The summed E-state index contributed by atoms with van der Waals surface area (Å²) >= 11 is 5.86. The number of hydrogen-bond donors (Lipinski definition) is 1. The van der Waals surface area contributed by atoms with Crippen molar-refractivity contribution in [1.29, 1.82) is 0 Å². The molecule has 0 aliphatic rings. The SMILES string of the molecule is C=Cc1cc(F)ccc1-c1cc(NS(=O)(=O)c2cc(C=O)c(F)c(Cl)c2OC)c(OC)cc1F. The molecular formula is C23H17ClF3NO5S. The van der Waals surface area contributed by atoms with Crippen LogP contribution in [0, 0.1) is 17.5 Å². The number of rotatable bonds is 8. The van der Waals surface area contributed by atoms with Gasteiger partial charge in [-0.25, -0.2) is 21.6 Å². The van der Waals surface area contributed by atoms with Gasteiger partial charge in [-0.15, -0.1) is 0 Å². The fourth-order valence-corrected chi connectivity index (χ4v) is 4.85. The third-order valence-electron chi connectivity index (χ3n) is 4.83. The van der Waals surface area contributed by atoms with Crippen LogP contribution < -0.4 is 14.2 Å². The Morgan fingerprint density at radius 1 is 1.00 bits per heavy atom. The molecule has 0 unspecified atom stereocenters. The lowest BCUT2D eigenvalue weighted by molar-refractivity contribution is 0.111. The Bertz CT molecular complexity index is 1410. The van der Waals surface area contributed by atoms with E-state index in [0.29, 0.717) is 0 Å². The molecule has 0 saturated carbocycles. The molecule has 0 atom stereocenters. The van der Waals surface area contributed by atoms with Crippen molar-refractivity contribution in [2.24, 2.45) is 0 Å². The number of ether oxygens (including phenoxy) is 2. The van der Waals surface area contributed by atoms with Crippen molar-refractivity contribution < 1.29 is 35.9 Å². The van der Waals surface area contributed by atoms with Crippen LogP contribution in [0.15, 0.2) is 47.9 Å². The van der Waals surface area contributed by atoms with Crippen molar-refractivity contribution in [2.75, 3.05) is 18.9 Å². The highest BCUT2D eigenvalue weighted by Crippen LogP contribution is 2.40. The van der Waals surface area contributed by atoms with Gasteiger partial charge in [-0.1, -0.05) is 30.3 Å². The maximum atomic E-state index is 14.9. The van der Waals surface area contributed by atoms with E-state index in [2.05, 4.69) is 11.3 Å². The van der Waals surface area contributed by atoms with E-state index in [4.69, 9.17) is 21.1 Å². The molecule has 1 N–H and O–H groups in total. The number of methoxy groups -OCH3 is 2. The van der Waals surface area contributed by atoms with Crippen LogP contribution in [0.2, 0.25) is 5.02 Å². The van der Waals surface area contributed by atoms with Crippen LogP contribution >= 0.6 is 11.6 Å². The zero-order chi connectivity index (χ0) is 25.2. The first-order chi connectivity index (χ1) is 16.1. The molecule has 0 fully saturated rings. The fraction of sp³-hybridized carbons (Fsp3) is 0.0870. The molecule has 0 amide bonds. The lowest BCUT2D eigenvalue weighted by Gasteiger charge is -2.17. The lowest BCUT2D eigenvalue weighted by atomic mass is 9.98. The van der Waals surface area contributed by atoms with E-state index < -0.39 is 48.7 Å². The van der Waals surface area contributed by atoms with E-state index in [9.17, 15) is 26.4 Å². The predicted octanol–water partition coefficient (Wildman–Crippen LogP) is 5.70. The molecule has 3 rings (SSSR count). The van der Waals surface area contributed by atoms with E-state index >= 15 is 0 Å². The molecule has 6 nitrogen and oxygen atoms in total. The van der Waals surface area contributed by atoms with Crippen molar-refractivity contribution in [3.8, 4) is 22.6 Å². The Morgan fingerprint density at radius 3 is 2.29 bits per heavy atom. The van der Waals surface area contributed by atoms with Gasteiger partial charge in [-0.05, 0) is 35.4 Å². The van der Waals surface area contributed by atoms with Gasteiger partial charge < -0.3 is 9.47 Å². The number of aldehydes is 1. The molecule has 0 bridgehead atoms. The lowest BCUT2D eigenvalue weighted by Crippen LogP contribution is -2.16. The number of sulfonamides is 1. The van der Waals surface area contributed by atoms with Gasteiger partial charge in [0, 0.05) is 11.6 Å². The molecule has 11 heteroatoms. The van der Waals surface area contributed by atoms with Gasteiger partial charge in [-0.3, -0.25) is 9.52 Å². The Hall–Kier alpha value is -3.50. The number of anilines is 1. The topological polar surface area (TPSA) is 81.7 Å². The van der Waals surface area contributed by atoms with Crippen molar-refractivity contribution in [3.05, 3.63) is 76.6 Å². The van der Waals surface area contributed by atoms with Crippen LogP contribution in [0.5, 0.6) is 11.5 Å². The van der Waals surface area contributed by atoms with E-state index in [-0.39, 0.29) is 34.4 Å². The van der Waals surface area contributed by atoms with E-state index in [1.54, 1.807) is 0 Å². The minimum Gasteiger partial charge on any atom is -0.494 e. The highest BCUT2D eigenvalue weighted by Gasteiger charge is 2.28. The van der Waals surface area contributed by atoms with Crippen molar-refractivity contribution in [2.45, 2.75) is 4.90 Å².